The van der Waals surface area contributed by atoms with E-state index in [1.165, 1.54) is 12.8 Å². The van der Waals surface area contributed by atoms with Gasteiger partial charge in [-0.15, -0.1) is 0 Å². The van der Waals surface area contributed by atoms with Crippen LogP contribution >= 0.6 is 0 Å². The van der Waals surface area contributed by atoms with Crippen LogP contribution in [0.2, 0.25) is 0 Å². The lowest BCUT2D eigenvalue weighted by atomic mass is 9.79. The Hall–Kier alpha value is -1.71. The molecule has 0 unspecified atom stereocenters. The van der Waals surface area contributed by atoms with E-state index in [1.807, 2.05) is 30.3 Å². The van der Waals surface area contributed by atoms with Gasteiger partial charge < -0.3 is 9.47 Å². The first-order valence-electron chi connectivity index (χ1n) is 10.2. The van der Waals surface area contributed by atoms with Gasteiger partial charge in [-0.1, -0.05) is 63.1 Å². The second kappa shape index (κ2) is 8.12. The summed E-state index contributed by atoms with van der Waals surface area (Å²) in [5.41, 5.74) is 3.84. The summed E-state index contributed by atoms with van der Waals surface area (Å²) in [6, 6.07) is 13.8. The molecular weight excluding hydrogens is 339 g/mol. The fourth-order valence-electron chi connectivity index (χ4n) is 4.23. The second-order valence-corrected chi connectivity index (χ2v) is 8.42. The van der Waals surface area contributed by atoms with Gasteiger partial charge in [0.25, 0.3) is 0 Å². The van der Waals surface area contributed by atoms with Crippen molar-refractivity contribution in [2.45, 2.75) is 51.7 Å². The molecule has 0 amide bonds. The Kier molecular flexibility index (Phi) is 5.60. The number of hydrogen-bond acceptors (Lipinski definition) is 2. The van der Waals surface area contributed by atoms with E-state index in [1.54, 1.807) is 6.07 Å². The molecule has 1 aliphatic carbocycles. The molecule has 0 spiro atoms. The first kappa shape index (κ1) is 18.6. The molecule has 0 radical (unpaired) electrons. The molecule has 0 atom stereocenters. The van der Waals surface area contributed by atoms with Crippen LogP contribution in [0.15, 0.2) is 42.5 Å². The minimum atomic E-state index is -0.289. The second-order valence-electron chi connectivity index (χ2n) is 8.42. The van der Waals surface area contributed by atoms with E-state index in [4.69, 9.17) is 9.47 Å². The largest absolute Gasteiger partial charge is 0.348 e. The fraction of sp³-hybridized carbons (Fsp3) is 0.500. The molecule has 3 heteroatoms. The van der Waals surface area contributed by atoms with Crippen LogP contribution in [0.25, 0.3) is 11.1 Å². The summed E-state index contributed by atoms with van der Waals surface area (Å²) in [7, 11) is 0. The van der Waals surface area contributed by atoms with Crippen LogP contribution in [0.5, 0.6) is 0 Å². The van der Waals surface area contributed by atoms with Crippen molar-refractivity contribution in [3.05, 3.63) is 59.4 Å². The third-order valence-electron chi connectivity index (χ3n) is 6.04. The zero-order chi connectivity index (χ0) is 18.8. The van der Waals surface area contributed by atoms with E-state index in [0.717, 1.165) is 54.2 Å². The van der Waals surface area contributed by atoms with Gasteiger partial charge in [-0.05, 0) is 47.4 Å². The van der Waals surface area contributed by atoms with Crippen LogP contribution < -0.4 is 0 Å². The van der Waals surface area contributed by atoms with Gasteiger partial charge in [0.15, 0.2) is 6.29 Å². The standard InChI is InChI=1S/C24H29FO2/c1-16-3-5-19(6-4-16)22-12-11-21(13-23(22)25)18-7-9-20(10-8-18)24-26-14-17(2)15-27-24/h7-13,16-17,19,24H,3-6,14-15H2,1-2H3. The Labute approximate surface area is 161 Å². The fourth-order valence-corrected chi connectivity index (χ4v) is 4.23. The molecule has 1 aliphatic heterocycles. The number of rotatable bonds is 3. The van der Waals surface area contributed by atoms with Crippen molar-refractivity contribution in [1.82, 2.24) is 0 Å². The molecule has 2 aliphatic rings. The zero-order valence-electron chi connectivity index (χ0n) is 16.3. The van der Waals surface area contributed by atoms with Crippen molar-refractivity contribution in [3.8, 4) is 11.1 Å². The number of hydrogen-bond donors (Lipinski definition) is 0. The molecule has 144 valence electrons. The minimum Gasteiger partial charge on any atom is -0.348 e. The highest BCUT2D eigenvalue weighted by Gasteiger charge is 2.23. The number of halogens is 1. The molecule has 2 aromatic carbocycles. The molecule has 2 nitrogen and oxygen atoms in total. The van der Waals surface area contributed by atoms with Crippen LogP contribution in [0.4, 0.5) is 4.39 Å². The molecule has 1 heterocycles. The van der Waals surface area contributed by atoms with Crippen LogP contribution in [0.3, 0.4) is 0 Å². The van der Waals surface area contributed by atoms with E-state index in [2.05, 4.69) is 19.9 Å². The van der Waals surface area contributed by atoms with Crippen molar-refractivity contribution >= 4 is 0 Å². The summed E-state index contributed by atoms with van der Waals surface area (Å²) in [5.74, 6) is 1.53. The van der Waals surface area contributed by atoms with E-state index in [-0.39, 0.29) is 12.1 Å². The lowest BCUT2D eigenvalue weighted by Crippen LogP contribution is -2.24. The summed E-state index contributed by atoms with van der Waals surface area (Å²) in [6.07, 6.45) is 4.33. The van der Waals surface area contributed by atoms with E-state index in [0.29, 0.717) is 11.8 Å². The minimum absolute atomic E-state index is 0.0657. The van der Waals surface area contributed by atoms with Gasteiger partial charge >= 0.3 is 0 Å². The zero-order valence-corrected chi connectivity index (χ0v) is 16.3. The first-order chi connectivity index (χ1) is 13.1. The van der Waals surface area contributed by atoms with Gasteiger partial charge in [-0.3, -0.25) is 0 Å². The van der Waals surface area contributed by atoms with Crippen LogP contribution in [-0.2, 0) is 9.47 Å². The van der Waals surface area contributed by atoms with E-state index >= 15 is 0 Å². The molecule has 0 aromatic heterocycles. The van der Waals surface area contributed by atoms with Crippen LogP contribution in [0.1, 0.15) is 62.9 Å². The number of benzene rings is 2. The van der Waals surface area contributed by atoms with Crippen molar-refractivity contribution < 1.29 is 13.9 Å². The number of ether oxygens (including phenoxy) is 2. The maximum atomic E-state index is 14.8. The van der Waals surface area contributed by atoms with Gasteiger partial charge in [0.05, 0.1) is 13.2 Å². The predicted octanol–water partition coefficient (Wildman–Crippen LogP) is 6.47. The molecule has 27 heavy (non-hydrogen) atoms. The summed E-state index contributed by atoms with van der Waals surface area (Å²) in [5, 5.41) is 0. The quantitative estimate of drug-likeness (QED) is 0.618. The molecule has 1 saturated carbocycles. The maximum Gasteiger partial charge on any atom is 0.183 e. The van der Waals surface area contributed by atoms with Crippen molar-refractivity contribution in [3.63, 3.8) is 0 Å². The van der Waals surface area contributed by atoms with Gasteiger partial charge in [0.2, 0.25) is 0 Å². The molecule has 2 fully saturated rings. The van der Waals surface area contributed by atoms with Gasteiger partial charge in [0.1, 0.15) is 5.82 Å². The van der Waals surface area contributed by atoms with Crippen molar-refractivity contribution in [2.24, 2.45) is 11.8 Å². The smallest absolute Gasteiger partial charge is 0.183 e. The SMILES string of the molecule is CC1CCC(c2ccc(-c3ccc(C4OCC(C)CO4)cc3)cc2F)CC1. The molecule has 4 rings (SSSR count). The Morgan fingerprint density at radius 3 is 2.04 bits per heavy atom. The Balaban J connectivity index is 1.47. The third kappa shape index (κ3) is 4.25. The van der Waals surface area contributed by atoms with Gasteiger partial charge in [-0.2, -0.15) is 0 Å². The highest BCUT2D eigenvalue weighted by molar-refractivity contribution is 5.64. The average molecular weight is 368 g/mol. The third-order valence-corrected chi connectivity index (χ3v) is 6.04. The Morgan fingerprint density at radius 1 is 0.778 bits per heavy atom. The first-order valence-corrected chi connectivity index (χ1v) is 10.2. The molecule has 0 N–H and O–H groups in total. The van der Waals surface area contributed by atoms with E-state index in [9.17, 15) is 4.39 Å². The summed E-state index contributed by atoms with van der Waals surface area (Å²) >= 11 is 0. The predicted molar refractivity (Wildman–Crippen MR) is 106 cm³/mol. The van der Waals surface area contributed by atoms with Crippen LogP contribution in [0, 0.1) is 17.7 Å². The average Bonchev–Trinajstić information content (AvgIpc) is 2.69. The molecular formula is C24H29FO2. The topological polar surface area (TPSA) is 18.5 Å². The summed E-state index contributed by atoms with van der Waals surface area (Å²) in [4.78, 5) is 0. The molecule has 0 bridgehead atoms. The van der Waals surface area contributed by atoms with Crippen molar-refractivity contribution in [2.75, 3.05) is 13.2 Å². The monoisotopic (exact) mass is 368 g/mol. The molecule has 2 aromatic rings. The Morgan fingerprint density at radius 2 is 1.41 bits per heavy atom. The maximum absolute atomic E-state index is 14.8. The Bertz CT molecular complexity index is 754. The van der Waals surface area contributed by atoms with E-state index < -0.39 is 0 Å². The summed E-state index contributed by atoms with van der Waals surface area (Å²) < 4.78 is 26.3. The van der Waals surface area contributed by atoms with Crippen molar-refractivity contribution in [1.29, 1.82) is 0 Å². The summed E-state index contributed by atoms with van der Waals surface area (Å²) in [6.45, 7) is 5.85. The van der Waals surface area contributed by atoms with Gasteiger partial charge in [0, 0.05) is 11.5 Å². The highest BCUT2D eigenvalue weighted by Crippen LogP contribution is 2.37. The lowest BCUT2D eigenvalue weighted by molar-refractivity contribution is -0.202. The lowest BCUT2D eigenvalue weighted by Gasteiger charge is -2.27. The highest BCUT2D eigenvalue weighted by atomic mass is 19.1. The van der Waals surface area contributed by atoms with Crippen LogP contribution in [-0.4, -0.2) is 13.2 Å². The molecule has 1 saturated heterocycles. The normalized spacial score (nSPS) is 28.9. The van der Waals surface area contributed by atoms with Gasteiger partial charge in [-0.25, -0.2) is 4.39 Å².